The Morgan fingerprint density at radius 2 is 1.45 bits per heavy atom. The maximum Gasteiger partial charge on any atom is 0.0908 e. The lowest BCUT2D eigenvalue weighted by Gasteiger charge is -1.94. The molecule has 2 aliphatic heterocycles. The van der Waals surface area contributed by atoms with Gasteiger partial charge >= 0.3 is 0 Å². The van der Waals surface area contributed by atoms with Crippen molar-refractivity contribution in [1.82, 2.24) is 0 Å². The average Bonchev–Trinajstić information content (AvgIpc) is 2.83. The van der Waals surface area contributed by atoms with Gasteiger partial charge in [-0.1, -0.05) is 21.6 Å². The topological polar surface area (TPSA) is 25.1 Å². The van der Waals surface area contributed by atoms with E-state index < -0.39 is 0 Å². The van der Waals surface area contributed by atoms with E-state index in [9.17, 15) is 0 Å². The van der Waals surface area contributed by atoms with Crippen LogP contribution in [-0.4, -0.2) is 36.9 Å². The van der Waals surface area contributed by atoms with Crippen molar-refractivity contribution in [2.45, 2.75) is 12.2 Å². The van der Waals surface area contributed by atoms with Gasteiger partial charge in [0.1, 0.15) is 0 Å². The van der Waals surface area contributed by atoms with Gasteiger partial charge in [-0.3, -0.25) is 0 Å². The molecule has 64 valence electrons. The summed E-state index contributed by atoms with van der Waals surface area (Å²) in [6, 6.07) is 0. The molecule has 2 heterocycles. The summed E-state index contributed by atoms with van der Waals surface area (Å²) in [6.45, 7) is 1.95. The maximum absolute atomic E-state index is 5.08. The fourth-order valence-electron chi connectivity index (χ4n) is 0.570. The van der Waals surface area contributed by atoms with Crippen molar-refractivity contribution in [1.29, 1.82) is 0 Å². The van der Waals surface area contributed by atoms with E-state index in [0.29, 0.717) is 12.2 Å². The van der Waals surface area contributed by atoms with Gasteiger partial charge in [-0.15, -0.1) is 0 Å². The molecule has 0 aliphatic carbocycles. The third-order valence-electron chi connectivity index (χ3n) is 1.41. The molecule has 2 atom stereocenters. The number of rotatable bonds is 6. The Bertz CT molecular complexity index is 111. The first-order chi connectivity index (χ1) is 5.45. The fourth-order valence-corrected chi connectivity index (χ4v) is 4.50. The summed E-state index contributed by atoms with van der Waals surface area (Å²) >= 11 is 0. The van der Waals surface area contributed by atoms with Crippen LogP contribution in [-0.2, 0) is 9.47 Å². The molecule has 0 bridgehead atoms. The van der Waals surface area contributed by atoms with Crippen LogP contribution in [0, 0.1) is 0 Å². The molecule has 0 radical (unpaired) electrons. The first-order valence-electron chi connectivity index (χ1n) is 3.59. The normalized spacial score (nSPS) is 33.8. The minimum Gasteiger partial charge on any atom is -0.372 e. The first-order valence-corrected chi connectivity index (χ1v) is 7.41. The van der Waals surface area contributed by atoms with Gasteiger partial charge in [0.2, 0.25) is 0 Å². The van der Waals surface area contributed by atoms with Gasteiger partial charge in [-0.2, -0.15) is 0 Å². The van der Waals surface area contributed by atoms with Crippen molar-refractivity contribution < 1.29 is 9.47 Å². The Labute approximate surface area is 77.9 Å². The molecule has 0 spiro atoms. The predicted octanol–water partition coefficient (Wildman–Crippen LogP) is 1.81. The van der Waals surface area contributed by atoms with E-state index in [-0.39, 0.29) is 0 Å². The number of ether oxygens (including phenoxy) is 2. The van der Waals surface area contributed by atoms with Crippen LogP contribution in [0.15, 0.2) is 0 Å². The lowest BCUT2D eigenvalue weighted by Crippen LogP contribution is -1.86. The van der Waals surface area contributed by atoms with Crippen molar-refractivity contribution in [2.75, 3.05) is 24.7 Å². The molecule has 2 aliphatic rings. The Kier molecular flexibility index (Phi) is 3.33. The first kappa shape index (κ1) is 8.56. The molecule has 0 aromatic rings. The van der Waals surface area contributed by atoms with E-state index in [0.717, 1.165) is 24.7 Å². The van der Waals surface area contributed by atoms with Crippen LogP contribution >= 0.6 is 31.4 Å². The SMILES string of the molecule is C1OC1CSSSCC1CO1. The summed E-state index contributed by atoms with van der Waals surface area (Å²) in [5, 5.41) is 0. The molecule has 0 N–H and O–H groups in total. The van der Waals surface area contributed by atoms with E-state index in [1.54, 1.807) is 0 Å². The van der Waals surface area contributed by atoms with E-state index >= 15 is 0 Å². The molecule has 0 aromatic carbocycles. The smallest absolute Gasteiger partial charge is 0.0908 e. The van der Waals surface area contributed by atoms with Gasteiger partial charge in [-0.25, -0.2) is 0 Å². The van der Waals surface area contributed by atoms with Crippen molar-refractivity contribution in [3.05, 3.63) is 0 Å². The van der Waals surface area contributed by atoms with Crippen molar-refractivity contribution in [3.8, 4) is 0 Å². The summed E-state index contributed by atoms with van der Waals surface area (Å²) in [4.78, 5) is 0. The predicted molar refractivity (Wildman–Crippen MR) is 52.0 cm³/mol. The zero-order valence-corrected chi connectivity index (χ0v) is 8.47. The Hall–Kier alpha value is 0.970. The average molecular weight is 210 g/mol. The summed E-state index contributed by atoms with van der Waals surface area (Å²) in [5.41, 5.74) is 0. The van der Waals surface area contributed by atoms with Crippen LogP contribution in [0.3, 0.4) is 0 Å². The maximum atomic E-state index is 5.08. The van der Waals surface area contributed by atoms with Crippen LogP contribution in [0.4, 0.5) is 0 Å². The second-order valence-corrected chi connectivity index (χ2v) is 6.87. The summed E-state index contributed by atoms with van der Waals surface area (Å²) in [5.74, 6) is 2.28. The van der Waals surface area contributed by atoms with Gasteiger partial charge in [0.15, 0.2) is 0 Å². The van der Waals surface area contributed by atoms with Gasteiger partial charge < -0.3 is 9.47 Å². The summed E-state index contributed by atoms with van der Waals surface area (Å²) in [7, 11) is 5.65. The quantitative estimate of drug-likeness (QED) is 0.378. The monoisotopic (exact) mass is 210 g/mol. The highest BCUT2D eigenvalue weighted by atomic mass is 33.5. The molecule has 0 saturated carbocycles. The molecule has 11 heavy (non-hydrogen) atoms. The van der Waals surface area contributed by atoms with Crippen LogP contribution in [0.2, 0.25) is 0 Å². The van der Waals surface area contributed by atoms with Crippen LogP contribution in [0.1, 0.15) is 0 Å². The highest BCUT2D eigenvalue weighted by Crippen LogP contribution is 2.38. The van der Waals surface area contributed by atoms with Crippen molar-refractivity contribution in [2.24, 2.45) is 0 Å². The zero-order valence-electron chi connectivity index (χ0n) is 6.02. The molecule has 2 saturated heterocycles. The minimum atomic E-state index is 0.560. The number of epoxide rings is 2. The number of hydrogen-bond donors (Lipinski definition) is 0. The Balaban J connectivity index is 1.35. The molecule has 0 amide bonds. The minimum absolute atomic E-state index is 0.560. The highest BCUT2D eigenvalue weighted by Gasteiger charge is 2.24. The molecular weight excluding hydrogens is 200 g/mol. The molecule has 2 nitrogen and oxygen atoms in total. The summed E-state index contributed by atoms with van der Waals surface area (Å²) in [6.07, 6.45) is 1.12. The molecule has 2 unspecified atom stereocenters. The van der Waals surface area contributed by atoms with Crippen LogP contribution in [0.5, 0.6) is 0 Å². The molecule has 2 fully saturated rings. The third-order valence-corrected chi connectivity index (χ3v) is 5.74. The van der Waals surface area contributed by atoms with E-state index in [1.165, 1.54) is 0 Å². The molecular formula is C6H10O2S3. The van der Waals surface area contributed by atoms with Crippen molar-refractivity contribution in [3.63, 3.8) is 0 Å². The van der Waals surface area contributed by atoms with Crippen LogP contribution < -0.4 is 0 Å². The Morgan fingerprint density at radius 3 is 1.82 bits per heavy atom. The standard InChI is InChI=1S/C6H10O2S3/c1-5(7-1)3-9-11-10-4-6-2-8-6/h5-6H,1-4H2. The van der Waals surface area contributed by atoms with Gasteiger partial charge in [0.05, 0.1) is 25.4 Å². The number of hydrogen-bond acceptors (Lipinski definition) is 5. The largest absolute Gasteiger partial charge is 0.372 e. The third kappa shape index (κ3) is 3.94. The molecule has 0 aromatic heterocycles. The van der Waals surface area contributed by atoms with E-state index in [2.05, 4.69) is 0 Å². The lowest BCUT2D eigenvalue weighted by molar-refractivity contribution is 0.426. The highest BCUT2D eigenvalue weighted by molar-refractivity contribution is 9.09. The lowest BCUT2D eigenvalue weighted by atomic mass is 10.6. The second-order valence-electron chi connectivity index (χ2n) is 2.55. The van der Waals surface area contributed by atoms with Gasteiger partial charge in [0.25, 0.3) is 0 Å². The van der Waals surface area contributed by atoms with E-state index in [4.69, 9.17) is 9.47 Å². The molecule has 5 heteroatoms. The van der Waals surface area contributed by atoms with Crippen molar-refractivity contribution >= 4 is 31.4 Å². The second kappa shape index (κ2) is 4.28. The molecule has 2 rings (SSSR count). The van der Waals surface area contributed by atoms with E-state index in [1.807, 2.05) is 31.4 Å². The van der Waals surface area contributed by atoms with Crippen LogP contribution in [0.25, 0.3) is 0 Å². The van der Waals surface area contributed by atoms with Gasteiger partial charge in [0, 0.05) is 11.5 Å². The zero-order chi connectivity index (χ0) is 7.52. The Morgan fingerprint density at radius 1 is 1.00 bits per heavy atom. The summed E-state index contributed by atoms with van der Waals surface area (Å²) < 4.78 is 10.2. The fraction of sp³-hybridized carbons (Fsp3) is 1.00. The van der Waals surface area contributed by atoms with Gasteiger partial charge in [-0.05, 0) is 9.83 Å².